The Morgan fingerprint density at radius 3 is 2.61 bits per heavy atom. The molecule has 1 aliphatic rings. The highest BCUT2D eigenvalue weighted by atomic mass is 32.2. The van der Waals surface area contributed by atoms with E-state index in [9.17, 15) is 9.66 Å². The van der Waals surface area contributed by atoms with Crippen LogP contribution in [0.1, 0.15) is 51.0 Å². The summed E-state index contributed by atoms with van der Waals surface area (Å²) < 4.78 is 17.9. The minimum atomic E-state index is -1.23. The van der Waals surface area contributed by atoms with Crippen LogP contribution in [0.4, 0.5) is 0 Å². The van der Waals surface area contributed by atoms with Gasteiger partial charge in [-0.05, 0) is 82.7 Å². The number of rotatable bonds is 7. The molecule has 0 spiro atoms. The van der Waals surface area contributed by atoms with E-state index in [0.29, 0.717) is 5.92 Å². The van der Waals surface area contributed by atoms with Gasteiger partial charge in [0.1, 0.15) is 4.75 Å². The van der Waals surface area contributed by atoms with Crippen molar-refractivity contribution in [3.63, 3.8) is 0 Å². The van der Waals surface area contributed by atoms with Gasteiger partial charge < -0.3 is 9.66 Å². The summed E-state index contributed by atoms with van der Waals surface area (Å²) in [6.07, 6.45) is 3.65. The fourth-order valence-electron chi connectivity index (χ4n) is 4.69. The summed E-state index contributed by atoms with van der Waals surface area (Å²) in [7, 11) is 0. The lowest BCUT2D eigenvalue weighted by Crippen LogP contribution is -2.46. The summed E-state index contributed by atoms with van der Waals surface area (Å²) in [5.74, 6) is 1.37. The molecule has 0 aliphatic heterocycles. The molecule has 0 bridgehead atoms. The van der Waals surface area contributed by atoms with Crippen molar-refractivity contribution in [1.82, 2.24) is 24.5 Å². The number of pyridine rings is 2. The molecule has 8 heteroatoms. The molecule has 0 radical (unpaired) electrons. The highest BCUT2D eigenvalue weighted by Crippen LogP contribution is 2.42. The number of fused-ring (bicyclic) bond motifs is 1. The highest BCUT2D eigenvalue weighted by molar-refractivity contribution is 7.90. The molecule has 2 atom stereocenters. The second-order valence-electron chi connectivity index (χ2n) is 10.7. The molecule has 0 amide bonds. The first-order valence-corrected chi connectivity index (χ1v) is 13.6. The predicted molar refractivity (Wildman–Crippen MR) is 144 cm³/mol. The quantitative estimate of drug-likeness (QED) is 0.348. The van der Waals surface area contributed by atoms with Gasteiger partial charge >= 0.3 is 0 Å². The summed E-state index contributed by atoms with van der Waals surface area (Å²) in [5.41, 5.74) is 4.61. The average molecular weight is 504 g/mol. The molecule has 3 aromatic heterocycles. The van der Waals surface area contributed by atoms with Crippen LogP contribution in [0.2, 0.25) is 0 Å². The van der Waals surface area contributed by atoms with Crippen LogP contribution >= 0.6 is 0 Å². The molecular formula is C28H33N5O2S. The molecule has 4 aromatic rings. The molecule has 5 rings (SSSR count). The Morgan fingerprint density at radius 2 is 1.89 bits per heavy atom. The molecular weight excluding hydrogens is 470 g/mol. The maximum absolute atomic E-state index is 13.0. The lowest BCUT2D eigenvalue weighted by molar-refractivity contribution is 0.0866. The van der Waals surface area contributed by atoms with Gasteiger partial charge in [-0.3, -0.25) is 4.98 Å². The van der Waals surface area contributed by atoms with Crippen LogP contribution in [0.5, 0.6) is 0 Å². The summed E-state index contributed by atoms with van der Waals surface area (Å²) in [6, 6.07) is 18.0. The van der Waals surface area contributed by atoms with Gasteiger partial charge in [0.05, 0.1) is 29.1 Å². The summed E-state index contributed by atoms with van der Waals surface area (Å²) in [5, 5.41) is 15.1. The van der Waals surface area contributed by atoms with Crippen molar-refractivity contribution in [3.05, 3.63) is 72.2 Å². The minimum absolute atomic E-state index is 0.140. The number of aliphatic hydroxyl groups is 1. The Morgan fingerprint density at radius 1 is 1.11 bits per heavy atom. The van der Waals surface area contributed by atoms with E-state index in [4.69, 9.17) is 4.98 Å². The van der Waals surface area contributed by atoms with Crippen LogP contribution in [-0.2, 0) is 11.4 Å². The second-order valence-corrected chi connectivity index (χ2v) is 12.7. The van der Waals surface area contributed by atoms with E-state index in [0.717, 1.165) is 52.2 Å². The fraction of sp³-hybridized carbons (Fsp3) is 0.393. The van der Waals surface area contributed by atoms with Crippen LogP contribution in [0, 0.1) is 18.8 Å². The van der Waals surface area contributed by atoms with E-state index in [1.54, 1.807) is 0 Å². The zero-order chi connectivity index (χ0) is 25.4. The maximum Gasteiger partial charge on any atom is 0.154 e. The zero-order valence-corrected chi connectivity index (χ0v) is 22.0. The first-order valence-electron chi connectivity index (χ1n) is 12.4. The average Bonchev–Trinajstić information content (AvgIpc) is 3.25. The van der Waals surface area contributed by atoms with Gasteiger partial charge in [-0.15, -0.1) is 4.72 Å². The topological polar surface area (TPSA) is 98.9 Å². The number of aryl methyl sites for hydroxylation is 1. The predicted octanol–water partition coefficient (Wildman–Crippen LogP) is 4.90. The smallest absolute Gasteiger partial charge is 0.154 e. The Labute approximate surface area is 215 Å². The van der Waals surface area contributed by atoms with E-state index >= 15 is 0 Å². The first-order chi connectivity index (χ1) is 17.2. The number of hydrogen-bond donors (Lipinski definition) is 2. The minimum Gasteiger partial charge on any atom is -0.598 e. The monoisotopic (exact) mass is 503 g/mol. The maximum atomic E-state index is 13.0. The molecule has 1 unspecified atom stereocenters. The van der Waals surface area contributed by atoms with Gasteiger partial charge in [-0.2, -0.15) is 5.10 Å². The Bertz CT molecular complexity index is 1360. The zero-order valence-electron chi connectivity index (χ0n) is 21.2. The van der Waals surface area contributed by atoms with Crippen molar-refractivity contribution in [2.75, 3.05) is 6.61 Å². The lowest BCUT2D eigenvalue weighted by Gasteiger charge is -2.40. The van der Waals surface area contributed by atoms with E-state index in [2.05, 4.69) is 33.0 Å². The second kappa shape index (κ2) is 9.94. The molecule has 188 valence electrons. The Kier molecular flexibility index (Phi) is 6.87. The van der Waals surface area contributed by atoms with E-state index < -0.39 is 11.4 Å². The van der Waals surface area contributed by atoms with Gasteiger partial charge in [0, 0.05) is 34.6 Å². The molecule has 1 aromatic carbocycles. The van der Waals surface area contributed by atoms with E-state index in [1.165, 1.54) is 0 Å². The number of benzene rings is 1. The van der Waals surface area contributed by atoms with Crippen molar-refractivity contribution in [2.24, 2.45) is 11.8 Å². The van der Waals surface area contributed by atoms with Crippen LogP contribution in [0.25, 0.3) is 28.0 Å². The van der Waals surface area contributed by atoms with Gasteiger partial charge in [0.25, 0.3) is 0 Å². The summed E-state index contributed by atoms with van der Waals surface area (Å²) in [6.45, 7) is 8.07. The van der Waals surface area contributed by atoms with Gasteiger partial charge in [0.2, 0.25) is 0 Å². The highest BCUT2D eigenvalue weighted by Gasteiger charge is 2.40. The number of nitrogens with zero attached hydrogens (tertiary/aromatic N) is 4. The van der Waals surface area contributed by atoms with Gasteiger partial charge in [-0.25, -0.2) is 9.67 Å². The third kappa shape index (κ3) is 5.04. The summed E-state index contributed by atoms with van der Waals surface area (Å²) in [4.78, 5) is 9.67. The van der Waals surface area contributed by atoms with Gasteiger partial charge in [0.15, 0.2) is 5.82 Å². The number of aromatic nitrogens is 4. The molecule has 1 aliphatic carbocycles. The Balaban J connectivity index is 1.49. The van der Waals surface area contributed by atoms with Crippen molar-refractivity contribution in [1.29, 1.82) is 0 Å². The normalized spacial score (nSPS) is 19.7. The molecule has 2 N–H and O–H groups in total. The number of aliphatic hydroxyl groups excluding tert-OH is 1. The van der Waals surface area contributed by atoms with E-state index in [-0.39, 0.29) is 23.3 Å². The number of nitrogens with one attached hydrogen (secondary N) is 1. The molecule has 0 saturated heterocycles. The molecule has 3 heterocycles. The van der Waals surface area contributed by atoms with Crippen molar-refractivity contribution in [2.45, 2.75) is 51.3 Å². The van der Waals surface area contributed by atoms with Crippen molar-refractivity contribution >= 4 is 22.3 Å². The first kappa shape index (κ1) is 24.9. The SMILES string of the molecule is Cc1cccc(-n2ncc3ccc(-c4cccc([C@H](N[S+]([O-])C(C)(C)C)C5CC(CO)C5)n4)cc32)n1. The third-order valence-corrected chi connectivity index (χ3v) is 8.42. The van der Waals surface area contributed by atoms with Crippen molar-refractivity contribution in [3.8, 4) is 17.1 Å². The summed E-state index contributed by atoms with van der Waals surface area (Å²) >= 11 is -1.23. The number of hydrogen-bond acceptors (Lipinski definition) is 6. The third-order valence-electron chi connectivity index (χ3n) is 6.84. The molecule has 36 heavy (non-hydrogen) atoms. The molecule has 7 nitrogen and oxygen atoms in total. The fourth-order valence-corrected chi connectivity index (χ4v) is 5.59. The van der Waals surface area contributed by atoms with Gasteiger partial charge in [-0.1, -0.05) is 24.3 Å². The lowest BCUT2D eigenvalue weighted by atomic mass is 9.71. The van der Waals surface area contributed by atoms with Crippen molar-refractivity contribution < 1.29 is 9.66 Å². The standard InChI is InChI=1S/C28H33N5O2S/c1-18-7-5-10-26(30-18)33-25-15-20(11-12-21(25)16-29-33)23-8-6-9-24(31-23)27(22-13-19(14-22)17-34)32-36(35)28(2,3)4/h5-12,15-16,19,22,27,32,34H,13-14,17H2,1-4H3/t19?,22?,27-,36?/m1/s1. The van der Waals surface area contributed by atoms with E-state index in [1.807, 2.05) is 75.0 Å². The largest absolute Gasteiger partial charge is 0.598 e. The Hall–Kier alpha value is -2.78. The van der Waals surface area contributed by atoms with Crippen LogP contribution in [0.15, 0.2) is 60.8 Å². The van der Waals surface area contributed by atoms with Crippen LogP contribution in [-0.4, -0.2) is 40.8 Å². The van der Waals surface area contributed by atoms with Crippen LogP contribution < -0.4 is 4.72 Å². The molecule has 1 fully saturated rings. The van der Waals surface area contributed by atoms with Crippen LogP contribution in [0.3, 0.4) is 0 Å². The molecule has 1 saturated carbocycles.